The molecule has 2 aromatic rings. The quantitative estimate of drug-likeness (QED) is 0.643. The summed E-state index contributed by atoms with van der Waals surface area (Å²) in [5.74, 6) is 5.66. The van der Waals surface area contributed by atoms with Crippen LogP contribution < -0.4 is 11.3 Å². The molecule has 1 aromatic carbocycles. The first-order valence-electron chi connectivity index (χ1n) is 5.56. The fraction of sp³-hybridized carbons (Fsp3) is 0.231. The third kappa shape index (κ3) is 3.33. The second-order valence-corrected chi connectivity index (χ2v) is 7.09. The lowest BCUT2D eigenvalue weighted by atomic mass is 10.0. The molecule has 0 saturated carbocycles. The molecule has 0 bridgehead atoms. The highest BCUT2D eigenvalue weighted by molar-refractivity contribution is 9.11. The molecule has 1 atom stereocenters. The van der Waals surface area contributed by atoms with E-state index in [0.717, 1.165) is 26.4 Å². The van der Waals surface area contributed by atoms with E-state index in [9.17, 15) is 0 Å². The Kier molecular flexibility index (Phi) is 4.81. The lowest BCUT2D eigenvalue weighted by molar-refractivity contribution is 0.555. The van der Waals surface area contributed by atoms with Gasteiger partial charge in [-0.1, -0.05) is 23.7 Å². The minimum absolute atomic E-state index is 0.103. The third-order valence-corrected chi connectivity index (χ3v) is 4.89. The molecule has 1 unspecified atom stereocenters. The van der Waals surface area contributed by atoms with Gasteiger partial charge in [0.25, 0.3) is 0 Å². The number of thiophene rings is 1. The maximum absolute atomic E-state index is 6.04. The number of nitrogens with two attached hydrogens (primary N) is 1. The molecule has 0 aliphatic carbocycles. The lowest BCUT2D eigenvalue weighted by Gasteiger charge is -2.16. The minimum atomic E-state index is 0.103. The number of nitrogens with one attached hydrogen (secondary N) is 1. The van der Waals surface area contributed by atoms with Gasteiger partial charge in [0.1, 0.15) is 0 Å². The van der Waals surface area contributed by atoms with E-state index in [2.05, 4.69) is 39.6 Å². The van der Waals surface area contributed by atoms with Crippen LogP contribution in [0.25, 0.3) is 0 Å². The van der Waals surface area contributed by atoms with E-state index in [4.69, 9.17) is 17.4 Å². The fourth-order valence-electron chi connectivity index (χ4n) is 1.82. The number of hydrogen-bond acceptors (Lipinski definition) is 3. The summed E-state index contributed by atoms with van der Waals surface area (Å²) in [6.07, 6.45) is 0.869. The normalized spacial score (nSPS) is 12.7. The largest absolute Gasteiger partial charge is 0.271 e. The summed E-state index contributed by atoms with van der Waals surface area (Å²) < 4.78 is 1.14. The summed E-state index contributed by atoms with van der Waals surface area (Å²) in [6.45, 7) is 2.00. The molecular weight excluding hydrogens is 332 g/mol. The molecule has 0 saturated heterocycles. The van der Waals surface area contributed by atoms with Gasteiger partial charge >= 0.3 is 0 Å². The summed E-state index contributed by atoms with van der Waals surface area (Å²) in [6, 6.07) is 10.3. The van der Waals surface area contributed by atoms with Crippen LogP contribution >= 0.6 is 38.9 Å². The SMILES string of the molecule is Cc1cc(C(Cc2ccc(Br)s2)NN)ccc1Cl. The molecule has 96 valence electrons. The fourth-order valence-corrected chi connectivity index (χ4v) is 3.47. The highest BCUT2D eigenvalue weighted by Gasteiger charge is 2.12. The molecule has 0 aliphatic heterocycles. The van der Waals surface area contributed by atoms with Crippen molar-refractivity contribution in [3.05, 3.63) is 55.1 Å². The van der Waals surface area contributed by atoms with Gasteiger partial charge < -0.3 is 0 Å². The van der Waals surface area contributed by atoms with Gasteiger partial charge in [0.05, 0.1) is 9.83 Å². The van der Waals surface area contributed by atoms with E-state index >= 15 is 0 Å². The van der Waals surface area contributed by atoms with Gasteiger partial charge in [-0.05, 0) is 52.2 Å². The summed E-state index contributed by atoms with van der Waals surface area (Å²) >= 11 is 11.2. The van der Waals surface area contributed by atoms with E-state index in [-0.39, 0.29) is 6.04 Å². The van der Waals surface area contributed by atoms with Crippen LogP contribution in [0.15, 0.2) is 34.1 Å². The predicted octanol–water partition coefficient (Wildman–Crippen LogP) is 4.22. The molecular formula is C13H14BrClN2S. The second kappa shape index (κ2) is 6.17. The zero-order valence-electron chi connectivity index (χ0n) is 9.91. The number of benzene rings is 1. The number of hydrazine groups is 1. The van der Waals surface area contributed by atoms with Crippen molar-refractivity contribution in [3.63, 3.8) is 0 Å². The van der Waals surface area contributed by atoms with Gasteiger partial charge in [0, 0.05) is 16.3 Å². The maximum atomic E-state index is 6.04. The van der Waals surface area contributed by atoms with E-state index < -0.39 is 0 Å². The molecule has 0 spiro atoms. The Morgan fingerprint density at radius 1 is 1.39 bits per heavy atom. The van der Waals surface area contributed by atoms with Crippen LogP contribution in [0.5, 0.6) is 0 Å². The van der Waals surface area contributed by atoms with Gasteiger partial charge in [-0.3, -0.25) is 11.3 Å². The Morgan fingerprint density at radius 3 is 2.72 bits per heavy atom. The molecule has 0 fully saturated rings. The van der Waals surface area contributed by atoms with Crippen molar-refractivity contribution >= 4 is 38.9 Å². The first-order chi connectivity index (χ1) is 8.60. The number of aryl methyl sites for hydroxylation is 1. The Balaban J connectivity index is 2.19. The summed E-state index contributed by atoms with van der Waals surface area (Å²) in [5, 5.41) is 0.786. The van der Waals surface area contributed by atoms with E-state index in [1.165, 1.54) is 4.88 Å². The summed E-state index contributed by atoms with van der Waals surface area (Å²) in [4.78, 5) is 1.29. The first kappa shape index (κ1) is 14.0. The van der Waals surface area contributed by atoms with Crippen molar-refractivity contribution in [2.24, 2.45) is 5.84 Å². The number of halogens is 2. The van der Waals surface area contributed by atoms with Crippen LogP contribution in [0.4, 0.5) is 0 Å². The maximum Gasteiger partial charge on any atom is 0.0701 e. The van der Waals surface area contributed by atoms with Crippen LogP contribution in [0, 0.1) is 6.92 Å². The Morgan fingerprint density at radius 2 is 2.17 bits per heavy atom. The van der Waals surface area contributed by atoms with Crippen LogP contribution in [0.2, 0.25) is 5.02 Å². The van der Waals surface area contributed by atoms with Crippen molar-refractivity contribution in [1.82, 2.24) is 5.43 Å². The van der Waals surface area contributed by atoms with Gasteiger partial charge in [-0.2, -0.15) is 0 Å². The molecule has 3 N–H and O–H groups in total. The standard InChI is InChI=1S/C13H14BrClN2S/c1-8-6-9(2-4-11(8)15)12(17-16)7-10-3-5-13(14)18-10/h2-6,12,17H,7,16H2,1H3. The van der Waals surface area contributed by atoms with Gasteiger partial charge in [-0.15, -0.1) is 11.3 Å². The molecule has 0 amide bonds. The summed E-state index contributed by atoms with van der Waals surface area (Å²) in [5.41, 5.74) is 5.10. The Labute approximate surface area is 124 Å². The minimum Gasteiger partial charge on any atom is -0.271 e. The third-order valence-electron chi connectivity index (χ3n) is 2.82. The lowest BCUT2D eigenvalue weighted by Crippen LogP contribution is -2.29. The first-order valence-corrected chi connectivity index (χ1v) is 7.55. The highest BCUT2D eigenvalue weighted by Crippen LogP contribution is 2.28. The predicted molar refractivity (Wildman–Crippen MR) is 82.0 cm³/mol. The zero-order valence-corrected chi connectivity index (χ0v) is 13.1. The molecule has 1 aromatic heterocycles. The van der Waals surface area contributed by atoms with E-state index in [1.54, 1.807) is 11.3 Å². The average Bonchev–Trinajstić information content (AvgIpc) is 2.75. The molecule has 0 aliphatic rings. The van der Waals surface area contributed by atoms with Crippen molar-refractivity contribution in [3.8, 4) is 0 Å². The van der Waals surface area contributed by atoms with Crippen molar-refractivity contribution in [1.29, 1.82) is 0 Å². The molecule has 18 heavy (non-hydrogen) atoms. The van der Waals surface area contributed by atoms with Crippen molar-refractivity contribution in [2.75, 3.05) is 0 Å². The van der Waals surface area contributed by atoms with Gasteiger partial charge in [0.15, 0.2) is 0 Å². The van der Waals surface area contributed by atoms with Gasteiger partial charge in [-0.25, -0.2) is 0 Å². The molecule has 2 rings (SSSR count). The zero-order chi connectivity index (χ0) is 13.1. The van der Waals surface area contributed by atoms with Crippen LogP contribution in [-0.2, 0) is 6.42 Å². The second-order valence-electron chi connectivity index (χ2n) is 4.14. The van der Waals surface area contributed by atoms with E-state index in [1.807, 2.05) is 19.1 Å². The van der Waals surface area contributed by atoms with Crippen molar-refractivity contribution in [2.45, 2.75) is 19.4 Å². The van der Waals surface area contributed by atoms with Gasteiger partial charge in [0.2, 0.25) is 0 Å². The molecule has 2 nitrogen and oxygen atoms in total. The summed E-state index contributed by atoms with van der Waals surface area (Å²) in [7, 11) is 0. The van der Waals surface area contributed by atoms with Crippen LogP contribution in [0.3, 0.4) is 0 Å². The van der Waals surface area contributed by atoms with Crippen LogP contribution in [-0.4, -0.2) is 0 Å². The number of hydrogen-bond donors (Lipinski definition) is 2. The smallest absolute Gasteiger partial charge is 0.0701 e. The van der Waals surface area contributed by atoms with E-state index in [0.29, 0.717) is 0 Å². The molecule has 5 heteroatoms. The monoisotopic (exact) mass is 344 g/mol. The highest BCUT2D eigenvalue weighted by atomic mass is 79.9. The topological polar surface area (TPSA) is 38.0 Å². The Bertz CT molecular complexity index is 542. The molecule has 0 radical (unpaired) electrons. The average molecular weight is 346 g/mol. The number of rotatable bonds is 4. The molecule has 1 heterocycles. The Hall–Kier alpha value is -0.390. The van der Waals surface area contributed by atoms with Crippen molar-refractivity contribution < 1.29 is 0 Å². The van der Waals surface area contributed by atoms with Crippen LogP contribution in [0.1, 0.15) is 22.0 Å².